The highest BCUT2D eigenvalue weighted by Gasteiger charge is 2.11. The van der Waals surface area contributed by atoms with Crippen LogP contribution in [0, 0.1) is 0 Å². The van der Waals surface area contributed by atoms with E-state index in [0.717, 1.165) is 16.9 Å². The lowest BCUT2D eigenvalue weighted by atomic mass is 10.1. The molecule has 1 aromatic carbocycles. The monoisotopic (exact) mass is 379 g/mol. The van der Waals surface area contributed by atoms with Crippen LogP contribution < -0.4 is 5.32 Å². The van der Waals surface area contributed by atoms with E-state index in [4.69, 9.17) is 16.0 Å². The van der Waals surface area contributed by atoms with E-state index in [1.165, 1.54) is 23.1 Å². The van der Waals surface area contributed by atoms with Crippen molar-refractivity contribution in [1.82, 2.24) is 15.5 Å². The first kappa shape index (κ1) is 17.0. The Bertz CT molecular complexity index is 805. The van der Waals surface area contributed by atoms with Gasteiger partial charge in [0.15, 0.2) is 0 Å². The van der Waals surface area contributed by atoms with E-state index >= 15 is 0 Å². The molecule has 24 heavy (non-hydrogen) atoms. The molecule has 0 saturated heterocycles. The molecule has 2 heterocycles. The number of aromatic nitrogens is 2. The summed E-state index contributed by atoms with van der Waals surface area (Å²) in [4.78, 5) is 12.8. The zero-order valence-electron chi connectivity index (χ0n) is 12.6. The number of amides is 1. The van der Waals surface area contributed by atoms with Crippen LogP contribution in [0.1, 0.15) is 5.56 Å². The first-order chi connectivity index (χ1) is 11.7. The summed E-state index contributed by atoms with van der Waals surface area (Å²) in [5.41, 5.74) is 1.09. The average molecular weight is 380 g/mol. The third-order valence-electron chi connectivity index (χ3n) is 3.09. The molecule has 0 radical (unpaired) electrons. The van der Waals surface area contributed by atoms with Crippen LogP contribution in [-0.2, 0) is 11.2 Å². The summed E-state index contributed by atoms with van der Waals surface area (Å²) in [6, 6.07) is 11.4. The second kappa shape index (κ2) is 8.32. The number of hydrogen-bond donors (Lipinski definition) is 1. The van der Waals surface area contributed by atoms with Gasteiger partial charge in [0.1, 0.15) is 0 Å². The Labute approximate surface area is 152 Å². The topological polar surface area (TPSA) is 68.0 Å². The molecular weight excluding hydrogens is 366 g/mol. The Balaban J connectivity index is 1.41. The first-order valence-corrected chi connectivity index (χ1v) is 9.46. The normalized spacial score (nSPS) is 10.7. The highest BCUT2D eigenvalue weighted by Crippen LogP contribution is 2.26. The summed E-state index contributed by atoms with van der Waals surface area (Å²) in [6.07, 6.45) is 0.736. The van der Waals surface area contributed by atoms with Gasteiger partial charge in [0, 0.05) is 11.6 Å². The molecule has 8 heteroatoms. The number of benzene rings is 1. The van der Waals surface area contributed by atoms with E-state index in [0.29, 0.717) is 22.7 Å². The van der Waals surface area contributed by atoms with E-state index in [2.05, 4.69) is 15.5 Å². The van der Waals surface area contributed by atoms with Gasteiger partial charge in [-0.05, 0) is 35.6 Å². The number of nitrogens with one attached hydrogen (secondary N) is 1. The van der Waals surface area contributed by atoms with Crippen molar-refractivity contribution in [3.63, 3.8) is 0 Å². The third kappa shape index (κ3) is 4.83. The van der Waals surface area contributed by atoms with Gasteiger partial charge in [0.25, 0.3) is 11.1 Å². The Morgan fingerprint density at radius 2 is 2.21 bits per heavy atom. The number of rotatable bonds is 7. The molecule has 3 aromatic rings. The summed E-state index contributed by atoms with van der Waals surface area (Å²) in [5.74, 6) is 0.647. The van der Waals surface area contributed by atoms with Crippen LogP contribution in [0.15, 0.2) is 51.4 Å². The second-order valence-electron chi connectivity index (χ2n) is 4.87. The molecular formula is C16H14ClN3O2S2. The molecule has 0 unspecified atom stereocenters. The Kier molecular flexibility index (Phi) is 5.90. The number of hydrogen-bond acceptors (Lipinski definition) is 6. The highest BCUT2D eigenvalue weighted by atomic mass is 35.5. The SMILES string of the molecule is O=C(CSc1nnc(-c2cccs2)o1)NCCc1cccc(Cl)c1. The van der Waals surface area contributed by atoms with E-state index in [-0.39, 0.29) is 11.7 Å². The fourth-order valence-electron chi connectivity index (χ4n) is 1.98. The Morgan fingerprint density at radius 3 is 3.00 bits per heavy atom. The van der Waals surface area contributed by atoms with Crippen molar-refractivity contribution in [3.05, 3.63) is 52.4 Å². The van der Waals surface area contributed by atoms with Crippen LogP contribution in [-0.4, -0.2) is 28.4 Å². The maximum Gasteiger partial charge on any atom is 0.277 e. The average Bonchev–Trinajstić information content (AvgIpc) is 3.24. The summed E-state index contributed by atoms with van der Waals surface area (Å²) in [6.45, 7) is 0.560. The summed E-state index contributed by atoms with van der Waals surface area (Å²) >= 11 is 8.69. The molecule has 124 valence electrons. The minimum Gasteiger partial charge on any atom is -0.410 e. The lowest BCUT2D eigenvalue weighted by Crippen LogP contribution is -2.27. The van der Waals surface area contributed by atoms with Crippen LogP contribution in [0.25, 0.3) is 10.8 Å². The molecule has 0 fully saturated rings. The van der Waals surface area contributed by atoms with Crippen molar-refractivity contribution in [1.29, 1.82) is 0 Å². The Hall–Kier alpha value is -1.83. The quantitative estimate of drug-likeness (QED) is 0.630. The smallest absolute Gasteiger partial charge is 0.277 e. The highest BCUT2D eigenvalue weighted by molar-refractivity contribution is 7.99. The van der Waals surface area contributed by atoms with E-state index < -0.39 is 0 Å². The molecule has 0 aliphatic rings. The molecule has 0 atom stereocenters. The van der Waals surface area contributed by atoms with Gasteiger partial charge in [-0.15, -0.1) is 21.5 Å². The maximum atomic E-state index is 11.9. The summed E-state index contributed by atoms with van der Waals surface area (Å²) in [5, 5.41) is 13.8. The lowest BCUT2D eigenvalue weighted by molar-refractivity contribution is -0.118. The largest absolute Gasteiger partial charge is 0.410 e. The van der Waals surface area contributed by atoms with Crippen LogP contribution in [0.5, 0.6) is 0 Å². The van der Waals surface area contributed by atoms with Crippen molar-refractivity contribution in [2.75, 3.05) is 12.3 Å². The number of thioether (sulfide) groups is 1. The van der Waals surface area contributed by atoms with Crippen LogP contribution >= 0.6 is 34.7 Å². The second-order valence-corrected chi connectivity index (χ2v) is 7.18. The number of carbonyl (C=O) groups is 1. The molecule has 0 bridgehead atoms. The molecule has 0 aliphatic carbocycles. The third-order valence-corrected chi connectivity index (χ3v) is 5.00. The van der Waals surface area contributed by atoms with E-state index in [9.17, 15) is 4.79 Å². The minimum absolute atomic E-state index is 0.0714. The molecule has 3 rings (SSSR count). The number of nitrogens with zero attached hydrogens (tertiary/aromatic N) is 2. The first-order valence-electron chi connectivity index (χ1n) is 7.22. The molecule has 0 saturated carbocycles. The maximum absolute atomic E-state index is 11.9. The van der Waals surface area contributed by atoms with Gasteiger partial charge in [-0.25, -0.2) is 0 Å². The fourth-order valence-corrected chi connectivity index (χ4v) is 3.44. The standard InChI is InChI=1S/C16H14ClN3O2S2/c17-12-4-1-3-11(9-12)6-7-18-14(21)10-24-16-20-19-15(22-16)13-5-2-8-23-13/h1-5,8-9H,6-7,10H2,(H,18,21). The molecule has 5 nitrogen and oxygen atoms in total. The van der Waals surface area contributed by atoms with Crippen molar-refractivity contribution >= 4 is 40.6 Å². The van der Waals surface area contributed by atoms with Gasteiger partial charge < -0.3 is 9.73 Å². The summed E-state index contributed by atoms with van der Waals surface area (Å²) < 4.78 is 5.52. The zero-order chi connectivity index (χ0) is 16.8. The predicted octanol–water partition coefficient (Wildman–Crippen LogP) is 3.90. The van der Waals surface area contributed by atoms with Crippen molar-refractivity contribution < 1.29 is 9.21 Å². The zero-order valence-corrected chi connectivity index (χ0v) is 15.0. The summed E-state index contributed by atoms with van der Waals surface area (Å²) in [7, 11) is 0. The van der Waals surface area contributed by atoms with Gasteiger partial charge >= 0.3 is 0 Å². The van der Waals surface area contributed by atoms with Gasteiger partial charge in [-0.2, -0.15) is 0 Å². The molecule has 1 amide bonds. The van der Waals surface area contributed by atoms with Crippen molar-refractivity contribution in [2.24, 2.45) is 0 Å². The van der Waals surface area contributed by atoms with Crippen LogP contribution in [0.2, 0.25) is 5.02 Å². The van der Waals surface area contributed by atoms with Crippen molar-refractivity contribution in [3.8, 4) is 10.8 Å². The molecule has 2 aromatic heterocycles. The van der Waals surface area contributed by atoms with Crippen LogP contribution in [0.3, 0.4) is 0 Å². The Morgan fingerprint density at radius 1 is 1.29 bits per heavy atom. The van der Waals surface area contributed by atoms with Gasteiger partial charge in [0.05, 0.1) is 10.6 Å². The van der Waals surface area contributed by atoms with Gasteiger partial charge in [-0.1, -0.05) is 41.6 Å². The molecule has 1 N–H and O–H groups in total. The number of thiophene rings is 1. The minimum atomic E-state index is -0.0714. The molecule has 0 spiro atoms. The fraction of sp³-hybridized carbons (Fsp3) is 0.188. The van der Waals surface area contributed by atoms with E-state index in [1.807, 2.05) is 41.8 Å². The van der Waals surface area contributed by atoms with Gasteiger partial charge in [-0.3, -0.25) is 4.79 Å². The van der Waals surface area contributed by atoms with Gasteiger partial charge in [0.2, 0.25) is 5.91 Å². The number of carbonyl (C=O) groups excluding carboxylic acids is 1. The lowest BCUT2D eigenvalue weighted by Gasteiger charge is -2.04. The van der Waals surface area contributed by atoms with Crippen molar-refractivity contribution in [2.45, 2.75) is 11.6 Å². The van der Waals surface area contributed by atoms with Crippen LogP contribution in [0.4, 0.5) is 0 Å². The number of halogens is 1. The molecule has 0 aliphatic heterocycles. The van der Waals surface area contributed by atoms with E-state index in [1.54, 1.807) is 0 Å². The predicted molar refractivity (Wildman–Crippen MR) is 96.5 cm³/mol.